The van der Waals surface area contributed by atoms with Gasteiger partial charge in [0.15, 0.2) is 0 Å². The van der Waals surface area contributed by atoms with E-state index < -0.39 is 0 Å². The third-order valence-corrected chi connectivity index (χ3v) is 4.03. The Kier molecular flexibility index (Phi) is 6.21. The van der Waals surface area contributed by atoms with Gasteiger partial charge in [-0.15, -0.1) is 0 Å². The Hall–Kier alpha value is -1.39. The molecule has 0 spiro atoms. The molecule has 0 aromatic heterocycles. The van der Waals surface area contributed by atoms with Gasteiger partial charge in [-0.1, -0.05) is 30.3 Å². The molecule has 0 saturated carbocycles. The molecular formula is C17H26N2O2. The predicted octanol–water partition coefficient (Wildman–Crippen LogP) is 2.05. The Morgan fingerprint density at radius 3 is 2.86 bits per heavy atom. The molecule has 1 aliphatic heterocycles. The van der Waals surface area contributed by atoms with Crippen molar-refractivity contribution in [3.05, 3.63) is 35.9 Å². The van der Waals surface area contributed by atoms with Gasteiger partial charge in [-0.3, -0.25) is 4.79 Å². The second-order valence-corrected chi connectivity index (χ2v) is 5.87. The van der Waals surface area contributed by atoms with E-state index in [2.05, 4.69) is 12.2 Å². The summed E-state index contributed by atoms with van der Waals surface area (Å²) in [5.74, 6) is 0.423. The molecule has 2 atom stereocenters. The lowest BCUT2D eigenvalue weighted by atomic mass is 9.92. The largest absolute Gasteiger partial charge is 0.375 e. The van der Waals surface area contributed by atoms with Crippen LogP contribution in [-0.2, 0) is 16.1 Å². The van der Waals surface area contributed by atoms with Crippen molar-refractivity contribution in [3.63, 3.8) is 0 Å². The van der Waals surface area contributed by atoms with E-state index in [4.69, 9.17) is 4.74 Å². The molecule has 1 saturated heterocycles. The van der Waals surface area contributed by atoms with Gasteiger partial charge in [0, 0.05) is 25.6 Å². The molecule has 0 unspecified atom stereocenters. The molecular weight excluding hydrogens is 264 g/mol. The average Bonchev–Trinajstić information content (AvgIpc) is 2.51. The van der Waals surface area contributed by atoms with Crippen molar-refractivity contribution in [1.29, 1.82) is 0 Å². The summed E-state index contributed by atoms with van der Waals surface area (Å²) in [5.41, 5.74) is 1.17. The molecule has 1 N–H and O–H groups in total. The first-order valence-electron chi connectivity index (χ1n) is 7.77. The third kappa shape index (κ3) is 5.14. The van der Waals surface area contributed by atoms with Crippen LogP contribution < -0.4 is 5.32 Å². The standard InChI is InChI=1S/C17H26N2O2/c1-14-12-16(8-9-18-14)17(20)19(2)10-11-21-13-15-6-4-3-5-7-15/h3-7,14,16,18H,8-13H2,1-2H3/t14-,16-/m0/s1. The van der Waals surface area contributed by atoms with Crippen molar-refractivity contribution in [1.82, 2.24) is 10.2 Å². The fraction of sp³-hybridized carbons (Fsp3) is 0.588. The summed E-state index contributed by atoms with van der Waals surface area (Å²) in [4.78, 5) is 14.2. The van der Waals surface area contributed by atoms with E-state index in [1.807, 2.05) is 42.3 Å². The summed E-state index contributed by atoms with van der Waals surface area (Å²) in [6, 6.07) is 10.5. The minimum Gasteiger partial charge on any atom is -0.375 e. The zero-order chi connectivity index (χ0) is 15.1. The SMILES string of the molecule is C[C@H]1C[C@@H](C(=O)N(C)CCOCc2ccccc2)CCN1. The summed E-state index contributed by atoms with van der Waals surface area (Å²) in [7, 11) is 1.88. The van der Waals surface area contributed by atoms with Crippen LogP contribution >= 0.6 is 0 Å². The molecule has 0 aliphatic carbocycles. The molecule has 4 heteroatoms. The van der Waals surface area contributed by atoms with Crippen LogP contribution in [0.4, 0.5) is 0 Å². The number of nitrogens with one attached hydrogen (secondary N) is 1. The Labute approximate surface area is 127 Å². The van der Waals surface area contributed by atoms with E-state index in [-0.39, 0.29) is 11.8 Å². The van der Waals surface area contributed by atoms with Crippen molar-refractivity contribution in [2.75, 3.05) is 26.7 Å². The van der Waals surface area contributed by atoms with Crippen LogP contribution in [0, 0.1) is 5.92 Å². The fourth-order valence-electron chi connectivity index (χ4n) is 2.74. The Morgan fingerprint density at radius 1 is 1.38 bits per heavy atom. The number of ether oxygens (including phenoxy) is 1. The zero-order valence-electron chi connectivity index (χ0n) is 13.0. The second-order valence-electron chi connectivity index (χ2n) is 5.87. The van der Waals surface area contributed by atoms with Gasteiger partial charge in [0.1, 0.15) is 0 Å². The van der Waals surface area contributed by atoms with Gasteiger partial charge in [0.25, 0.3) is 0 Å². The van der Waals surface area contributed by atoms with Crippen molar-refractivity contribution in [2.45, 2.75) is 32.4 Å². The first-order chi connectivity index (χ1) is 10.2. The molecule has 21 heavy (non-hydrogen) atoms. The van der Waals surface area contributed by atoms with E-state index in [0.717, 1.165) is 19.4 Å². The highest BCUT2D eigenvalue weighted by Crippen LogP contribution is 2.18. The quantitative estimate of drug-likeness (QED) is 0.815. The maximum atomic E-state index is 12.4. The minimum absolute atomic E-state index is 0.167. The maximum absolute atomic E-state index is 12.4. The number of hydrogen-bond donors (Lipinski definition) is 1. The summed E-state index contributed by atoms with van der Waals surface area (Å²) >= 11 is 0. The number of rotatable bonds is 6. The van der Waals surface area contributed by atoms with Crippen LogP contribution in [0.3, 0.4) is 0 Å². The van der Waals surface area contributed by atoms with Crippen LogP contribution in [-0.4, -0.2) is 43.6 Å². The van der Waals surface area contributed by atoms with Crippen molar-refractivity contribution < 1.29 is 9.53 Å². The van der Waals surface area contributed by atoms with Crippen molar-refractivity contribution >= 4 is 5.91 Å². The summed E-state index contributed by atoms with van der Waals surface area (Å²) in [5, 5.41) is 3.38. The Bertz CT molecular complexity index is 436. The average molecular weight is 290 g/mol. The fourth-order valence-corrected chi connectivity index (χ4v) is 2.74. The topological polar surface area (TPSA) is 41.6 Å². The lowest BCUT2D eigenvalue weighted by Crippen LogP contribution is -2.43. The molecule has 116 valence electrons. The van der Waals surface area contributed by atoms with Gasteiger partial charge in [0.2, 0.25) is 5.91 Å². The lowest BCUT2D eigenvalue weighted by molar-refractivity contribution is -0.136. The number of piperidine rings is 1. The van der Waals surface area contributed by atoms with E-state index in [9.17, 15) is 4.79 Å². The third-order valence-electron chi connectivity index (χ3n) is 4.03. The first kappa shape index (κ1) is 16.0. The maximum Gasteiger partial charge on any atom is 0.225 e. The molecule has 1 fully saturated rings. The molecule has 1 aromatic carbocycles. The smallest absolute Gasteiger partial charge is 0.225 e. The highest BCUT2D eigenvalue weighted by atomic mass is 16.5. The van der Waals surface area contributed by atoms with E-state index in [0.29, 0.717) is 25.8 Å². The highest BCUT2D eigenvalue weighted by Gasteiger charge is 2.26. The number of carbonyl (C=O) groups is 1. The molecule has 1 heterocycles. The molecule has 2 rings (SSSR count). The van der Waals surface area contributed by atoms with Crippen LogP contribution in [0.5, 0.6) is 0 Å². The van der Waals surface area contributed by atoms with E-state index in [1.54, 1.807) is 0 Å². The van der Waals surface area contributed by atoms with Gasteiger partial charge in [-0.2, -0.15) is 0 Å². The number of carbonyl (C=O) groups excluding carboxylic acids is 1. The van der Waals surface area contributed by atoms with Gasteiger partial charge < -0.3 is 15.0 Å². The van der Waals surface area contributed by atoms with Crippen LogP contribution in [0.15, 0.2) is 30.3 Å². The predicted molar refractivity (Wildman–Crippen MR) is 83.9 cm³/mol. The van der Waals surface area contributed by atoms with Gasteiger partial charge in [-0.05, 0) is 31.9 Å². The molecule has 0 radical (unpaired) electrons. The molecule has 1 aromatic rings. The van der Waals surface area contributed by atoms with Gasteiger partial charge in [0.05, 0.1) is 13.2 Å². The summed E-state index contributed by atoms with van der Waals surface area (Å²) in [6.45, 7) is 4.92. The minimum atomic E-state index is 0.167. The number of likely N-dealkylation sites (N-methyl/N-ethyl adjacent to an activating group) is 1. The number of nitrogens with zero attached hydrogens (tertiary/aromatic N) is 1. The summed E-state index contributed by atoms with van der Waals surface area (Å²) in [6.07, 6.45) is 1.88. The summed E-state index contributed by atoms with van der Waals surface area (Å²) < 4.78 is 5.64. The monoisotopic (exact) mass is 290 g/mol. The molecule has 0 bridgehead atoms. The Balaban J connectivity index is 1.66. The van der Waals surface area contributed by atoms with Gasteiger partial charge >= 0.3 is 0 Å². The molecule has 1 amide bonds. The van der Waals surface area contributed by atoms with Crippen molar-refractivity contribution in [2.24, 2.45) is 5.92 Å². The van der Waals surface area contributed by atoms with Crippen LogP contribution in [0.25, 0.3) is 0 Å². The lowest BCUT2D eigenvalue weighted by Gasteiger charge is -2.30. The molecule has 4 nitrogen and oxygen atoms in total. The number of hydrogen-bond acceptors (Lipinski definition) is 3. The first-order valence-corrected chi connectivity index (χ1v) is 7.77. The van der Waals surface area contributed by atoms with E-state index in [1.165, 1.54) is 5.56 Å². The zero-order valence-corrected chi connectivity index (χ0v) is 13.0. The molecule has 1 aliphatic rings. The van der Waals surface area contributed by atoms with Crippen LogP contribution in [0.1, 0.15) is 25.3 Å². The number of amides is 1. The van der Waals surface area contributed by atoms with E-state index >= 15 is 0 Å². The normalized spacial score (nSPS) is 22.0. The van der Waals surface area contributed by atoms with Gasteiger partial charge in [-0.25, -0.2) is 0 Å². The van der Waals surface area contributed by atoms with Crippen molar-refractivity contribution in [3.8, 4) is 0 Å². The van der Waals surface area contributed by atoms with Crippen LogP contribution in [0.2, 0.25) is 0 Å². The Morgan fingerprint density at radius 2 is 2.14 bits per heavy atom. The number of benzene rings is 1. The highest BCUT2D eigenvalue weighted by molar-refractivity contribution is 5.78. The second kappa shape index (κ2) is 8.15.